The van der Waals surface area contributed by atoms with E-state index in [1.165, 1.54) is 0 Å². The van der Waals surface area contributed by atoms with Crippen molar-refractivity contribution in [2.24, 2.45) is 0 Å². The van der Waals surface area contributed by atoms with E-state index in [9.17, 15) is 14.4 Å². The Morgan fingerprint density at radius 3 is 2.24 bits per heavy atom. The van der Waals surface area contributed by atoms with Crippen LogP contribution >= 0.6 is 23.5 Å². The molecule has 0 radical (unpaired) electrons. The van der Waals surface area contributed by atoms with Crippen molar-refractivity contribution in [2.75, 3.05) is 5.73 Å². The molecule has 0 saturated heterocycles. The first kappa shape index (κ1) is 14.7. The van der Waals surface area contributed by atoms with Gasteiger partial charge in [0.15, 0.2) is 0 Å². The van der Waals surface area contributed by atoms with Crippen LogP contribution in [0, 0.1) is 0 Å². The zero-order valence-corrected chi connectivity index (χ0v) is 12.3. The van der Waals surface area contributed by atoms with Crippen LogP contribution in [-0.2, 0) is 9.72 Å². The van der Waals surface area contributed by atoms with E-state index in [2.05, 4.69) is 15.9 Å². The van der Waals surface area contributed by atoms with Crippen molar-refractivity contribution in [3.05, 3.63) is 28.2 Å². The van der Waals surface area contributed by atoms with Crippen LogP contribution in [0.5, 0.6) is 0 Å². The Bertz CT molecular complexity index is 454. The summed E-state index contributed by atoms with van der Waals surface area (Å²) in [6.45, 7) is 3.57. The third-order valence-electron chi connectivity index (χ3n) is 3.27. The molecule has 96 valence electrons. The monoisotopic (exact) mass is 321 g/mol. The summed E-state index contributed by atoms with van der Waals surface area (Å²) in [5.74, 6) is 0. The van der Waals surface area contributed by atoms with Crippen molar-refractivity contribution in [2.45, 2.75) is 31.8 Å². The molecule has 0 spiro atoms. The predicted octanol–water partition coefficient (Wildman–Crippen LogP) is 3.22. The first-order chi connectivity index (χ1) is 7.78. The van der Waals surface area contributed by atoms with E-state index in [0.29, 0.717) is 28.6 Å². The van der Waals surface area contributed by atoms with Crippen LogP contribution in [0.15, 0.2) is 22.7 Å². The van der Waals surface area contributed by atoms with E-state index in [1.807, 2.05) is 0 Å². The maximum Gasteiger partial charge on any atom is 0.335 e. The molecule has 0 fully saturated rings. The number of nitrogen functional groups attached to an aromatic ring is 1. The van der Waals surface area contributed by atoms with Crippen LogP contribution < -0.4 is 5.73 Å². The van der Waals surface area contributed by atoms with E-state index in [1.54, 1.807) is 32.0 Å². The molecule has 0 saturated carbocycles. The van der Waals surface area contributed by atoms with E-state index < -0.39 is 12.8 Å². The number of benzene rings is 1. The highest BCUT2D eigenvalue weighted by molar-refractivity contribution is 9.10. The van der Waals surface area contributed by atoms with Gasteiger partial charge in [0.2, 0.25) is 0 Å². The van der Waals surface area contributed by atoms with Gasteiger partial charge in [0.1, 0.15) is 0 Å². The van der Waals surface area contributed by atoms with Crippen molar-refractivity contribution in [3.8, 4) is 0 Å². The fourth-order valence-corrected chi connectivity index (χ4v) is 3.73. The summed E-state index contributed by atoms with van der Waals surface area (Å²) in [6.07, 6.45) is 0.758. The van der Waals surface area contributed by atoms with Gasteiger partial charge in [0.05, 0.1) is 5.16 Å². The molecule has 0 bridgehead atoms. The molecule has 4 nitrogen and oxygen atoms in total. The molecular weight excluding hydrogens is 305 g/mol. The predicted molar refractivity (Wildman–Crippen MR) is 72.9 cm³/mol. The van der Waals surface area contributed by atoms with Gasteiger partial charge in [-0.05, 0) is 46.5 Å². The number of nitrogens with two attached hydrogens (primary N) is 1. The second-order valence-corrected chi connectivity index (χ2v) is 6.82. The van der Waals surface area contributed by atoms with Crippen molar-refractivity contribution in [1.82, 2.24) is 0 Å². The van der Waals surface area contributed by atoms with Crippen LogP contribution in [0.4, 0.5) is 5.69 Å². The highest BCUT2D eigenvalue weighted by atomic mass is 79.9. The summed E-state index contributed by atoms with van der Waals surface area (Å²) in [5, 5.41) is -1.12. The Balaban J connectivity index is 3.43. The maximum atomic E-state index is 11.8. The normalized spacial score (nSPS) is 12.8. The average Bonchev–Trinajstić information content (AvgIpc) is 2.23. The lowest BCUT2D eigenvalue weighted by Crippen LogP contribution is -2.24. The molecule has 4 N–H and O–H groups in total. The minimum absolute atomic E-state index is 0.379. The lowest BCUT2D eigenvalue weighted by atomic mass is 9.92. The lowest BCUT2D eigenvalue weighted by molar-refractivity contribution is 0.315. The number of halogens is 1. The molecule has 0 aliphatic carbocycles. The van der Waals surface area contributed by atoms with Crippen LogP contribution in [0.2, 0.25) is 0 Å². The van der Waals surface area contributed by atoms with Crippen LogP contribution in [0.25, 0.3) is 0 Å². The fourth-order valence-electron chi connectivity index (χ4n) is 2.05. The van der Waals surface area contributed by atoms with Crippen molar-refractivity contribution in [1.29, 1.82) is 0 Å². The molecule has 0 aliphatic heterocycles. The number of hydrogen-bond donors (Lipinski definition) is 3. The van der Waals surface area contributed by atoms with E-state index in [0.717, 1.165) is 0 Å². The molecular formula is C11H17BrNO3P. The van der Waals surface area contributed by atoms with Gasteiger partial charge in [-0.2, -0.15) is 0 Å². The maximum absolute atomic E-state index is 11.8. The molecule has 0 aromatic heterocycles. The topological polar surface area (TPSA) is 83.6 Å². The van der Waals surface area contributed by atoms with Gasteiger partial charge < -0.3 is 15.5 Å². The van der Waals surface area contributed by atoms with Crippen molar-refractivity contribution >= 4 is 29.2 Å². The Morgan fingerprint density at radius 2 is 1.88 bits per heavy atom. The molecule has 1 aromatic carbocycles. The third-order valence-corrected chi connectivity index (χ3v) is 5.96. The van der Waals surface area contributed by atoms with E-state index in [-0.39, 0.29) is 0 Å². The Hall–Kier alpha value is -0.350. The summed E-state index contributed by atoms with van der Waals surface area (Å²) in [4.78, 5) is 19.2. The average molecular weight is 322 g/mol. The molecule has 0 aliphatic rings. The van der Waals surface area contributed by atoms with Crippen molar-refractivity contribution < 1.29 is 14.4 Å². The first-order valence-corrected chi connectivity index (χ1v) is 7.80. The zero-order valence-electron chi connectivity index (χ0n) is 9.85. The molecule has 17 heavy (non-hydrogen) atoms. The van der Waals surface area contributed by atoms with Gasteiger partial charge >= 0.3 is 7.60 Å². The minimum Gasteiger partial charge on any atom is -0.398 e. The number of hydrogen-bond acceptors (Lipinski definition) is 2. The largest absolute Gasteiger partial charge is 0.398 e. The summed E-state index contributed by atoms with van der Waals surface area (Å²) < 4.78 is 12.4. The summed E-state index contributed by atoms with van der Waals surface area (Å²) >= 11 is 3.29. The number of anilines is 1. The molecule has 1 rings (SSSR count). The standard InChI is InChI=1S/C11H17BrNO3P/c1-3-11(4-2,17(14,15)16)8-5-6-10(13)9(12)7-8/h5-7H,3-4,13H2,1-2H3,(H2,14,15,16). The van der Waals surface area contributed by atoms with Gasteiger partial charge in [-0.25, -0.2) is 0 Å². The number of rotatable bonds is 4. The van der Waals surface area contributed by atoms with E-state index in [4.69, 9.17) is 5.73 Å². The minimum atomic E-state index is -4.23. The SMILES string of the molecule is CCC(CC)(c1ccc(N)c(Br)c1)P(=O)(O)O. The smallest absolute Gasteiger partial charge is 0.335 e. The molecule has 0 heterocycles. The fraction of sp³-hybridized carbons (Fsp3) is 0.455. The molecule has 1 aromatic rings. The van der Waals surface area contributed by atoms with Gasteiger partial charge in [0.25, 0.3) is 0 Å². The van der Waals surface area contributed by atoms with Crippen LogP contribution in [0.3, 0.4) is 0 Å². The van der Waals surface area contributed by atoms with Crippen LogP contribution in [-0.4, -0.2) is 9.79 Å². The van der Waals surface area contributed by atoms with Gasteiger partial charge in [0, 0.05) is 10.2 Å². The summed E-state index contributed by atoms with van der Waals surface area (Å²) in [7, 11) is -4.23. The zero-order chi connectivity index (χ0) is 13.3. The molecule has 0 amide bonds. The van der Waals surface area contributed by atoms with Gasteiger partial charge in [-0.15, -0.1) is 0 Å². The molecule has 0 unspecified atom stereocenters. The first-order valence-electron chi connectivity index (χ1n) is 5.39. The molecule has 0 atom stereocenters. The Kier molecular flexibility index (Phi) is 4.42. The quantitative estimate of drug-likeness (QED) is 0.587. The third kappa shape index (κ3) is 2.58. The lowest BCUT2D eigenvalue weighted by Gasteiger charge is -2.33. The second-order valence-electron chi connectivity index (χ2n) is 4.02. The molecule has 6 heteroatoms. The van der Waals surface area contributed by atoms with Gasteiger partial charge in [-0.3, -0.25) is 4.57 Å². The van der Waals surface area contributed by atoms with Crippen LogP contribution in [0.1, 0.15) is 32.3 Å². The Morgan fingerprint density at radius 1 is 1.35 bits per heavy atom. The highest BCUT2D eigenvalue weighted by Gasteiger charge is 2.45. The van der Waals surface area contributed by atoms with E-state index >= 15 is 0 Å². The van der Waals surface area contributed by atoms with Crippen molar-refractivity contribution in [3.63, 3.8) is 0 Å². The summed E-state index contributed by atoms with van der Waals surface area (Å²) in [5.41, 5.74) is 6.86. The Labute approximate surface area is 110 Å². The van der Waals surface area contributed by atoms with Gasteiger partial charge in [-0.1, -0.05) is 19.9 Å². The summed E-state index contributed by atoms with van der Waals surface area (Å²) in [6, 6.07) is 5.04. The highest BCUT2D eigenvalue weighted by Crippen LogP contribution is 2.61. The second kappa shape index (κ2) is 5.11.